The van der Waals surface area contributed by atoms with Crippen LogP contribution in [0.5, 0.6) is 11.5 Å². The highest BCUT2D eigenvalue weighted by atomic mass is 16.5. The van der Waals surface area contributed by atoms with Crippen LogP contribution >= 0.6 is 0 Å². The first-order valence-electron chi connectivity index (χ1n) is 19.3. The van der Waals surface area contributed by atoms with Crippen LogP contribution in [0.25, 0.3) is 78.1 Å². The molecule has 0 atom stereocenters. The van der Waals surface area contributed by atoms with E-state index in [1.54, 1.807) is 0 Å². The SMILES string of the molecule is c1ccc(-c2ccc(-c3cc(-c4cccc5oc6c7c(ccc6c45)C4(c5ccccc5O7)c5ccccc5-c5ccccc54)nc(-c4ccccc4)n3)cc2)cc1. The summed E-state index contributed by atoms with van der Waals surface area (Å²) in [5, 5.41) is 1.96. The topological polar surface area (TPSA) is 48.2 Å². The number of hydrogen-bond donors (Lipinski definition) is 0. The van der Waals surface area contributed by atoms with Crippen molar-refractivity contribution in [3.8, 4) is 67.7 Å². The van der Waals surface area contributed by atoms with Gasteiger partial charge < -0.3 is 9.15 Å². The maximum Gasteiger partial charge on any atom is 0.178 e. The Morgan fingerprint density at radius 3 is 1.72 bits per heavy atom. The first kappa shape index (κ1) is 31.8. The highest BCUT2D eigenvalue weighted by molar-refractivity contribution is 6.14. The van der Waals surface area contributed by atoms with E-state index in [2.05, 4.69) is 152 Å². The maximum atomic E-state index is 6.96. The third kappa shape index (κ3) is 4.62. The van der Waals surface area contributed by atoms with Crippen molar-refractivity contribution in [2.45, 2.75) is 5.41 Å². The van der Waals surface area contributed by atoms with Gasteiger partial charge in [0.25, 0.3) is 0 Å². The molecule has 0 fully saturated rings. The van der Waals surface area contributed by atoms with E-state index < -0.39 is 5.41 Å². The molecule has 4 nitrogen and oxygen atoms in total. The number of benzene rings is 8. The molecule has 0 saturated heterocycles. The molecule has 1 aliphatic carbocycles. The molecule has 0 N–H and O–H groups in total. The predicted molar refractivity (Wildman–Crippen MR) is 228 cm³/mol. The Bertz CT molecular complexity index is 3160. The number of aromatic nitrogens is 2. The second-order valence-electron chi connectivity index (χ2n) is 14.8. The largest absolute Gasteiger partial charge is 0.453 e. The molecule has 266 valence electrons. The van der Waals surface area contributed by atoms with Gasteiger partial charge in [0.2, 0.25) is 0 Å². The lowest BCUT2D eigenvalue weighted by Crippen LogP contribution is -2.32. The Kier molecular flexibility index (Phi) is 6.81. The van der Waals surface area contributed by atoms with Gasteiger partial charge in [-0.05, 0) is 57.6 Å². The summed E-state index contributed by atoms with van der Waals surface area (Å²) in [6.07, 6.45) is 0. The van der Waals surface area contributed by atoms with Crippen LogP contribution in [0.3, 0.4) is 0 Å². The zero-order valence-electron chi connectivity index (χ0n) is 30.7. The number of rotatable bonds is 4. The predicted octanol–water partition coefficient (Wildman–Crippen LogP) is 13.5. The molecule has 0 unspecified atom stereocenters. The Hall–Kier alpha value is -7.56. The lowest BCUT2D eigenvalue weighted by Gasteiger charge is -2.39. The molecular weight excluding hydrogens is 697 g/mol. The fourth-order valence-electron chi connectivity index (χ4n) is 9.32. The lowest BCUT2D eigenvalue weighted by atomic mass is 9.66. The number of furan rings is 1. The fourth-order valence-corrected chi connectivity index (χ4v) is 9.32. The van der Waals surface area contributed by atoms with Gasteiger partial charge in [-0.25, -0.2) is 9.97 Å². The van der Waals surface area contributed by atoms with Gasteiger partial charge in [0.1, 0.15) is 11.3 Å². The van der Waals surface area contributed by atoms with Crippen molar-refractivity contribution in [3.05, 3.63) is 216 Å². The smallest absolute Gasteiger partial charge is 0.178 e. The number of fused-ring (bicyclic) bond motifs is 13. The summed E-state index contributed by atoms with van der Waals surface area (Å²) in [7, 11) is 0. The van der Waals surface area contributed by atoms with Gasteiger partial charge in [-0.2, -0.15) is 0 Å². The molecule has 0 radical (unpaired) electrons. The van der Waals surface area contributed by atoms with Crippen LogP contribution in [0.15, 0.2) is 199 Å². The van der Waals surface area contributed by atoms with E-state index in [-0.39, 0.29) is 0 Å². The van der Waals surface area contributed by atoms with Crippen molar-refractivity contribution in [2.75, 3.05) is 0 Å². The van der Waals surface area contributed by atoms with Crippen LogP contribution in [0, 0.1) is 0 Å². The van der Waals surface area contributed by atoms with Gasteiger partial charge in [0.15, 0.2) is 17.2 Å². The Morgan fingerprint density at radius 1 is 0.404 bits per heavy atom. The summed E-state index contributed by atoms with van der Waals surface area (Å²) >= 11 is 0. The summed E-state index contributed by atoms with van der Waals surface area (Å²) in [5.41, 5.74) is 15.0. The number of ether oxygens (including phenoxy) is 1. The van der Waals surface area contributed by atoms with Crippen LogP contribution in [-0.4, -0.2) is 9.97 Å². The molecule has 10 aromatic rings. The molecular formula is C53H32N2O2. The van der Waals surface area contributed by atoms with E-state index in [0.29, 0.717) is 5.82 Å². The van der Waals surface area contributed by atoms with Gasteiger partial charge in [0, 0.05) is 38.6 Å². The molecule has 1 aliphatic heterocycles. The summed E-state index contributed by atoms with van der Waals surface area (Å²) in [4.78, 5) is 10.4. The van der Waals surface area contributed by atoms with Crippen LogP contribution in [0.2, 0.25) is 0 Å². The monoisotopic (exact) mass is 728 g/mol. The normalized spacial score (nSPS) is 13.2. The Balaban J connectivity index is 1.08. The first-order valence-corrected chi connectivity index (χ1v) is 19.3. The summed E-state index contributed by atoms with van der Waals surface area (Å²) in [6, 6.07) is 68.1. The molecule has 8 aromatic carbocycles. The molecule has 12 rings (SSSR count). The first-order chi connectivity index (χ1) is 28.3. The summed E-state index contributed by atoms with van der Waals surface area (Å²) < 4.78 is 13.9. The van der Waals surface area contributed by atoms with Crippen molar-refractivity contribution in [2.24, 2.45) is 0 Å². The van der Waals surface area contributed by atoms with E-state index >= 15 is 0 Å². The second kappa shape index (κ2) is 12.2. The van der Waals surface area contributed by atoms with E-state index in [1.807, 2.05) is 42.5 Å². The summed E-state index contributed by atoms with van der Waals surface area (Å²) in [6.45, 7) is 0. The van der Waals surface area contributed by atoms with Gasteiger partial charge in [-0.3, -0.25) is 0 Å². The van der Waals surface area contributed by atoms with Crippen LogP contribution in [-0.2, 0) is 5.41 Å². The number of nitrogens with zero attached hydrogens (tertiary/aromatic N) is 2. The standard InChI is InChI=1S/C53H32N2O2/c1-3-14-33(15-4-1)34-26-28-35(29-27-34)45-32-46(55-52(54-45)36-16-5-2-6-17-36)39-20-13-25-48-49(39)40-30-31-44-51(50(40)57-48)56-47-24-12-11-23-43(47)53(44)41-21-9-7-18-37(41)38-19-8-10-22-42(38)53/h1-32H. The third-order valence-corrected chi connectivity index (χ3v) is 11.8. The zero-order chi connectivity index (χ0) is 37.5. The highest BCUT2D eigenvalue weighted by Gasteiger charge is 2.51. The highest BCUT2D eigenvalue weighted by Crippen LogP contribution is 2.63. The Labute approximate surface area is 329 Å². The quantitative estimate of drug-likeness (QED) is 0.181. The molecule has 0 amide bonds. The van der Waals surface area contributed by atoms with Crippen molar-refractivity contribution < 1.29 is 9.15 Å². The summed E-state index contributed by atoms with van der Waals surface area (Å²) in [5.74, 6) is 2.24. The van der Waals surface area contributed by atoms with E-state index in [4.69, 9.17) is 19.1 Å². The fraction of sp³-hybridized carbons (Fsp3) is 0.0189. The minimum Gasteiger partial charge on any atom is -0.453 e. The Morgan fingerprint density at radius 2 is 0.982 bits per heavy atom. The minimum absolute atomic E-state index is 0.574. The number of para-hydroxylation sites is 1. The van der Waals surface area contributed by atoms with Crippen LogP contribution in [0.4, 0.5) is 0 Å². The molecule has 57 heavy (non-hydrogen) atoms. The second-order valence-corrected chi connectivity index (χ2v) is 14.8. The van der Waals surface area contributed by atoms with Crippen LogP contribution in [0.1, 0.15) is 22.3 Å². The molecule has 1 spiro atoms. The molecule has 2 aromatic heterocycles. The zero-order valence-corrected chi connectivity index (χ0v) is 30.7. The number of hydrogen-bond acceptors (Lipinski definition) is 4. The lowest BCUT2D eigenvalue weighted by molar-refractivity contribution is 0.432. The van der Waals surface area contributed by atoms with Gasteiger partial charge in [0.05, 0.1) is 16.8 Å². The van der Waals surface area contributed by atoms with Crippen molar-refractivity contribution >= 4 is 21.9 Å². The molecule has 2 aliphatic rings. The molecule has 4 heteroatoms. The van der Waals surface area contributed by atoms with Crippen molar-refractivity contribution in [1.29, 1.82) is 0 Å². The van der Waals surface area contributed by atoms with Gasteiger partial charge in [-0.15, -0.1) is 0 Å². The van der Waals surface area contributed by atoms with E-state index in [9.17, 15) is 0 Å². The average Bonchev–Trinajstić information content (AvgIpc) is 3.82. The van der Waals surface area contributed by atoms with E-state index in [0.717, 1.165) is 78.2 Å². The van der Waals surface area contributed by atoms with Crippen LogP contribution < -0.4 is 4.74 Å². The third-order valence-electron chi connectivity index (χ3n) is 11.8. The molecule has 0 saturated carbocycles. The molecule has 0 bridgehead atoms. The van der Waals surface area contributed by atoms with Crippen molar-refractivity contribution in [1.82, 2.24) is 9.97 Å². The van der Waals surface area contributed by atoms with Gasteiger partial charge in [-0.1, -0.05) is 170 Å². The maximum absolute atomic E-state index is 6.96. The average molecular weight is 729 g/mol. The van der Waals surface area contributed by atoms with E-state index in [1.165, 1.54) is 27.8 Å². The van der Waals surface area contributed by atoms with Gasteiger partial charge >= 0.3 is 0 Å². The van der Waals surface area contributed by atoms with Crippen molar-refractivity contribution in [3.63, 3.8) is 0 Å². The minimum atomic E-state index is -0.574. The molecule has 3 heterocycles.